The van der Waals surface area contributed by atoms with E-state index in [0.717, 1.165) is 37.1 Å². The molecule has 0 bridgehead atoms. The van der Waals surface area contributed by atoms with Gasteiger partial charge >= 0.3 is 0 Å². The van der Waals surface area contributed by atoms with Crippen LogP contribution in [0.3, 0.4) is 0 Å². The van der Waals surface area contributed by atoms with Crippen molar-refractivity contribution in [1.29, 1.82) is 0 Å². The molecule has 1 aromatic rings. The van der Waals surface area contributed by atoms with Gasteiger partial charge in [-0.15, -0.1) is 0 Å². The highest BCUT2D eigenvalue weighted by Gasteiger charge is 2.21. The minimum Gasteiger partial charge on any atom is -0.379 e. The first-order valence-electron chi connectivity index (χ1n) is 9.04. The first-order valence-corrected chi connectivity index (χ1v) is 9.04. The van der Waals surface area contributed by atoms with Crippen molar-refractivity contribution >= 4 is 11.6 Å². The second kappa shape index (κ2) is 9.61. The van der Waals surface area contributed by atoms with Crippen LogP contribution in [0.2, 0.25) is 0 Å². The molecule has 2 rings (SSSR count). The fourth-order valence-corrected chi connectivity index (χ4v) is 2.49. The second-order valence-electron chi connectivity index (χ2n) is 6.79. The zero-order valence-electron chi connectivity index (χ0n) is 15.9. The van der Waals surface area contributed by atoms with Crippen molar-refractivity contribution < 1.29 is 9.13 Å². The van der Waals surface area contributed by atoms with Crippen molar-refractivity contribution in [2.24, 2.45) is 10.9 Å². The van der Waals surface area contributed by atoms with Gasteiger partial charge in [0.2, 0.25) is 0 Å². The molecular formula is C19H31FN4O. The van der Waals surface area contributed by atoms with Crippen molar-refractivity contribution in [2.45, 2.75) is 26.3 Å². The lowest BCUT2D eigenvalue weighted by Crippen LogP contribution is -2.40. The SMILES string of the molecule is CCNC(=NCc1ccc(N(C)C)c(F)c1)N(C)CCOCC1CC1. The molecule has 0 saturated heterocycles. The van der Waals surface area contributed by atoms with Gasteiger partial charge in [0.05, 0.1) is 18.8 Å². The van der Waals surface area contributed by atoms with Gasteiger partial charge in [-0.2, -0.15) is 0 Å². The Balaban J connectivity index is 1.89. The molecular weight excluding hydrogens is 319 g/mol. The molecule has 25 heavy (non-hydrogen) atoms. The number of rotatable bonds is 9. The Morgan fingerprint density at radius 1 is 1.32 bits per heavy atom. The Labute approximate surface area is 150 Å². The summed E-state index contributed by atoms with van der Waals surface area (Å²) < 4.78 is 19.8. The van der Waals surface area contributed by atoms with Gasteiger partial charge < -0.3 is 19.9 Å². The summed E-state index contributed by atoms with van der Waals surface area (Å²) in [6.45, 7) is 5.63. The summed E-state index contributed by atoms with van der Waals surface area (Å²) in [6, 6.07) is 5.27. The van der Waals surface area contributed by atoms with E-state index in [1.807, 2.05) is 34.1 Å². The molecule has 0 atom stereocenters. The number of ether oxygens (including phenoxy) is 1. The van der Waals surface area contributed by atoms with E-state index < -0.39 is 0 Å². The summed E-state index contributed by atoms with van der Waals surface area (Å²) in [5.41, 5.74) is 1.45. The van der Waals surface area contributed by atoms with E-state index in [4.69, 9.17) is 4.74 Å². The lowest BCUT2D eigenvalue weighted by Gasteiger charge is -2.22. The van der Waals surface area contributed by atoms with Gasteiger partial charge in [-0.1, -0.05) is 6.07 Å². The van der Waals surface area contributed by atoms with Crippen LogP contribution in [0.15, 0.2) is 23.2 Å². The number of halogens is 1. The average Bonchev–Trinajstić information content (AvgIpc) is 3.39. The number of nitrogens with one attached hydrogen (secondary N) is 1. The van der Waals surface area contributed by atoms with Crippen molar-refractivity contribution in [1.82, 2.24) is 10.2 Å². The highest BCUT2D eigenvalue weighted by atomic mass is 19.1. The highest BCUT2D eigenvalue weighted by Crippen LogP contribution is 2.28. The van der Waals surface area contributed by atoms with E-state index >= 15 is 0 Å². The first-order chi connectivity index (χ1) is 12.0. The van der Waals surface area contributed by atoms with E-state index in [1.165, 1.54) is 12.8 Å². The number of benzene rings is 1. The summed E-state index contributed by atoms with van der Waals surface area (Å²) in [4.78, 5) is 8.44. The molecule has 0 radical (unpaired) electrons. The first kappa shape index (κ1) is 19.5. The third-order valence-electron chi connectivity index (χ3n) is 4.22. The van der Waals surface area contributed by atoms with Gasteiger partial charge in [-0.25, -0.2) is 9.38 Å². The summed E-state index contributed by atoms with van der Waals surface area (Å²) in [5.74, 6) is 1.38. The Bertz CT molecular complexity index is 573. The fourth-order valence-electron chi connectivity index (χ4n) is 2.49. The molecule has 0 unspecified atom stereocenters. The molecule has 1 saturated carbocycles. The molecule has 0 spiro atoms. The molecule has 140 valence electrons. The minimum absolute atomic E-state index is 0.218. The zero-order valence-corrected chi connectivity index (χ0v) is 15.9. The predicted octanol–water partition coefficient (Wildman–Crippen LogP) is 2.72. The van der Waals surface area contributed by atoms with Crippen LogP contribution in [-0.2, 0) is 11.3 Å². The topological polar surface area (TPSA) is 40.1 Å². The average molecular weight is 350 g/mol. The van der Waals surface area contributed by atoms with Gasteiger partial charge in [-0.3, -0.25) is 0 Å². The molecule has 5 nitrogen and oxygen atoms in total. The number of nitrogens with zero attached hydrogens (tertiary/aromatic N) is 3. The Morgan fingerprint density at radius 3 is 2.68 bits per heavy atom. The van der Waals surface area contributed by atoms with Crippen molar-refractivity contribution in [3.8, 4) is 0 Å². The predicted molar refractivity (Wildman–Crippen MR) is 102 cm³/mol. The van der Waals surface area contributed by atoms with Gasteiger partial charge in [0.1, 0.15) is 5.82 Å². The summed E-state index contributed by atoms with van der Waals surface area (Å²) >= 11 is 0. The lowest BCUT2D eigenvalue weighted by atomic mass is 10.2. The third kappa shape index (κ3) is 6.53. The fraction of sp³-hybridized carbons (Fsp3) is 0.632. The smallest absolute Gasteiger partial charge is 0.194 e. The van der Waals surface area contributed by atoms with Crippen molar-refractivity contribution in [3.63, 3.8) is 0 Å². The molecule has 0 amide bonds. The zero-order chi connectivity index (χ0) is 18.2. The maximum atomic E-state index is 14.1. The molecule has 1 aromatic carbocycles. The van der Waals surface area contributed by atoms with Crippen LogP contribution in [0, 0.1) is 11.7 Å². The normalized spacial score (nSPS) is 14.5. The number of guanidine groups is 1. The molecule has 0 aliphatic heterocycles. The summed E-state index contributed by atoms with van der Waals surface area (Å²) in [5, 5.41) is 3.28. The van der Waals surface area contributed by atoms with E-state index in [2.05, 4.69) is 15.2 Å². The van der Waals surface area contributed by atoms with Crippen molar-refractivity contribution in [2.75, 3.05) is 52.3 Å². The Kier molecular flexibility index (Phi) is 7.50. The van der Waals surface area contributed by atoms with Gasteiger partial charge in [0.25, 0.3) is 0 Å². The van der Waals surface area contributed by atoms with E-state index in [1.54, 1.807) is 17.0 Å². The monoisotopic (exact) mass is 350 g/mol. The van der Waals surface area contributed by atoms with Gasteiger partial charge in [0.15, 0.2) is 5.96 Å². The Hall–Kier alpha value is -1.82. The number of likely N-dealkylation sites (N-methyl/N-ethyl adjacent to an activating group) is 1. The number of hydrogen-bond acceptors (Lipinski definition) is 3. The van der Waals surface area contributed by atoms with E-state index in [-0.39, 0.29) is 5.82 Å². The maximum Gasteiger partial charge on any atom is 0.194 e. The van der Waals surface area contributed by atoms with Crippen LogP contribution in [0.4, 0.5) is 10.1 Å². The van der Waals surface area contributed by atoms with E-state index in [0.29, 0.717) is 18.8 Å². The molecule has 1 aliphatic carbocycles. The van der Waals surface area contributed by atoms with Crippen LogP contribution >= 0.6 is 0 Å². The minimum atomic E-state index is -0.218. The second-order valence-corrected chi connectivity index (χ2v) is 6.79. The lowest BCUT2D eigenvalue weighted by molar-refractivity contribution is 0.115. The molecule has 0 aromatic heterocycles. The third-order valence-corrected chi connectivity index (χ3v) is 4.22. The van der Waals surface area contributed by atoms with Crippen LogP contribution in [0.25, 0.3) is 0 Å². The standard InChI is InChI=1S/C19H31FN4O/c1-5-21-19(24(4)10-11-25-14-15-6-7-15)22-13-16-8-9-18(23(2)3)17(20)12-16/h8-9,12,15H,5-7,10-11,13-14H2,1-4H3,(H,21,22). The van der Waals surface area contributed by atoms with Crippen LogP contribution < -0.4 is 10.2 Å². The Morgan fingerprint density at radius 2 is 2.08 bits per heavy atom. The number of hydrogen-bond donors (Lipinski definition) is 1. The quantitative estimate of drug-likeness (QED) is 0.422. The van der Waals surface area contributed by atoms with Gasteiger partial charge in [-0.05, 0) is 43.4 Å². The molecule has 1 fully saturated rings. The molecule has 1 N–H and O–H groups in total. The largest absolute Gasteiger partial charge is 0.379 e. The number of aliphatic imine (C=N–C) groups is 1. The van der Waals surface area contributed by atoms with Crippen molar-refractivity contribution in [3.05, 3.63) is 29.6 Å². The number of anilines is 1. The summed E-state index contributed by atoms with van der Waals surface area (Å²) in [6.07, 6.45) is 2.62. The summed E-state index contributed by atoms with van der Waals surface area (Å²) in [7, 11) is 5.66. The van der Waals surface area contributed by atoms with E-state index in [9.17, 15) is 4.39 Å². The van der Waals surface area contributed by atoms with Crippen LogP contribution in [0.5, 0.6) is 0 Å². The molecule has 0 heterocycles. The maximum absolute atomic E-state index is 14.1. The highest BCUT2D eigenvalue weighted by molar-refractivity contribution is 5.79. The van der Waals surface area contributed by atoms with Gasteiger partial charge in [0, 0.05) is 40.8 Å². The van der Waals surface area contributed by atoms with Crippen LogP contribution in [0.1, 0.15) is 25.3 Å². The molecule has 6 heteroatoms. The van der Waals surface area contributed by atoms with Crippen LogP contribution in [-0.4, -0.2) is 58.3 Å². The molecule has 1 aliphatic rings.